The fraction of sp³-hybridized carbons (Fsp3) is 0.429. The van der Waals surface area contributed by atoms with E-state index >= 15 is 0 Å². The quantitative estimate of drug-likeness (QED) is 0.800. The number of halogens is 3. The first-order valence-electron chi connectivity index (χ1n) is 6.31. The highest BCUT2D eigenvalue weighted by atomic mass is 19.4. The Balaban J connectivity index is 2.48. The largest absolute Gasteiger partial charge is 0.417 e. The average molecular weight is 314 g/mol. The molecule has 1 unspecified atom stereocenters. The third-order valence-electron chi connectivity index (χ3n) is 3.48. The van der Waals surface area contributed by atoms with E-state index in [1.165, 1.54) is 26.4 Å². The number of alkyl halides is 3. The van der Waals surface area contributed by atoms with Crippen molar-refractivity contribution in [1.29, 1.82) is 5.26 Å². The number of methoxy groups -OCH3 is 2. The van der Waals surface area contributed by atoms with Gasteiger partial charge in [-0.1, -0.05) is 12.1 Å². The minimum Gasteiger partial charge on any atom is -0.354 e. The molecule has 1 aliphatic rings. The van der Waals surface area contributed by atoms with Crippen LogP contribution in [0.3, 0.4) is 0 Å². The van der Waals surface area contributed by atoms with Crippen molar-refractivity contribution in [3.8, 4) is 6.07 Å². The topological polar surface area (TPSA) is 62.6 Å². The normalized spacial score (nSPS) is 17.8. The predicted octanol–water partition coefficient (Wildman–Crippen LogP) is 2.34. The maximum absolute atomic E-state index is 13.1. The van der Waals surface area contributed by atoms with E-state index in [-0.39, 0.29) is 12.1 Å². The SMILES string of the molecule is COC(CN1C(=O)c2c(cccc2C(F)(F)F)C1C#N)OC. The number of rotatable bonds is 4. The van der Waals surface area contributed by atoms with E-state index in [4.69, 9.17) is 9.47 Å². The van der Waals surface area contributed by atoms with Gasteiger partial charge in [-0.25, -0.2) is 0 Å². The van der Waals surface area contributed by atoms with Crippen LogP contribution in [0.25, 0.3) is 0 Å². The second-order valence-corrected chi connectivity index (χ2v) is 4.66. The molecule has 1 aromatic rings. The summed E-state index contributed by atoms with van der Waals surface area (Å²) in [5, 5.41) is 9.25. The molecule has 0 aromatic heterocycles. The number of hydrogen-bond acceptors (Lipinski definition) is 4. The molecular formula is C14H13F3N2O3. The Morgan fingerprint density at radius 2 is 2.00 bits per heavy atom. The molecule has 1 heterocycles. The van der Waals surface area contributed by atoms with Crippen LogP contribution in [-0.4, -0.2) is 37.9 Å². The van der Waals surface area contributed by atoms with Gasteiger partial charge in [-0.2, -0.15) is 18.4 Å². The number of ether oxygens (including phenoxy) is 2. The molecule has 0 bridgehead atoms. The van der Waals surface area contributed by atoms with Gasteiger partial charge in [0, 0.05) is 19.8 Å². The van der Waals surface area contributed by atoms with Crippen LogP contribution >= 0.6 is 0 Å². The predicted molar refractivity (Wildman–Crippen MR) is 68.6 cm³/mol. The number of benzene rings is 1. The van der Waals surface area contributed by atoms with Gasteiger partial charge in [0.15, 0.2) is 6.29 Å². The molecule has 22 heavy (non-hydrogen) atoms. The summed E-state index contributed by atoms with van der Waals surface area (Å²) >= 11 is 0. The minimum atomic E-state index is -4.67. The van der Waals surface area contributed by atoms with Gasteiger partial charge in [0.1, 0.15) is 6.04 Å². The minimum absolute atomic E-state index is 0.0493. The van der Waals surface area contributed by atoms with E-state index in [1.54, 1.807) is 0 Å². The molecule has 0 saturated carbocycles. The summed E-state index contributed by atoms with van der Waals surface area (Å²) in [5.74, 6) is -0.853. The molecule has 1 aromatic carbocycles. The molecular weight excluding hydrogens is 301 g/mol. The molecule has 8 heteroatoms. The van der Waals surface area contributed by atoms with Gasteiger partial charge < -0.3 is 14.4 Å². The molecule has 0 N–H and O–H groups in total. The zero-order valence-corrected chi connectivity index (χ0v) is 11.8. The lowest BCUT2D eigenvalue weighted by Gasteiger charge is -2.24. The van der Waals surface area contributed by atoms with Crippen LogP contribution in [0, 0.1) is 11.3 Å². The van der Waals surface area contributed by atoms with Gasteiger partial charge in [-0.05, 0) is 6.07 Å². The number of nitriles is 1. The summed E-state index contributed by atoms with van der Waals surface area (Å²) in [6, 6.07) is 4.13. The van der Waals surface area contributed by atoms with Gasteiger partial charge in [-0.15, -0.1) is 0 Å². The van der Waals surface area contributed by atoms with Crippen LogP contribution < -0.4 is 0 Å². The number of nitrogens with zero attached hydrogens (tertiary/aromatic N) is 2. The lowest BCUT2D eigenvalue weighted by atomic mass is 10.00. The van der Waals surface area contributed by atoms with Crippen molar-refractivity contribution in [2.45, 2.75) is 18.5 Å². The molecule has 0 saturated heterocycles. The molecule has 0 aliphatic carbocycles. The van der Waals surface area contributed by atoms with Crippen molar-refractivity contribution in [3.05, 3.63) is 34.9 Å². The second-order valence-electron chi connectivity index (χ2n) is 4.66. The van der Waals surface area contributed by atoms with Crippen LogP contribution in [0.15, 0.2) is 18.2 Å². The first-order valence-corrected chi connectivity index (χ1v) is 6.31. The maximum Gasteiger partial charge on any atom is 0.417 e. The van der Waals surface area contributed by atoms with E-state index in [9.17, 15) is 23.2 Å². The van der Waals surface area contributed by atoms with E-state index < -0.39 is 35.5 Å². The van der Waals surface area contributed by atoms with E-state index in [0.717, 1.165) is 11.0 Å². The summed E-state index contributed by atoms with van der Waals surface area (Å²) in [5.41, 5.74) is -1.47. The van der Waals surface area contributed by atoms with E-state index in [1.807, 2.05) is 6.07 Å². The second kappa shape index (κ2) is 5.94. The molecule has 0 spiro atoms. The van der Waals surface area contributed by atoms with Gasteiger partial charge >= 0.3 is 6.18 Å². The molecule has 0 fully saturated rings. The average Bonchev–Trinajstić information content (AvgIpc) is 2.75. The Labute approximate surface area is 124 Å². The van der Waals surface area contributed by atoms with Gasteiger partial charge in [0.05, 0.1) is 23.7 Å². The smallest absolute Gasteiger partial charge is 0.354 e. The monoisotopic (exact) mass is 314 g/mol. The van der Waals surface area contributed by atoms with Gasteiger partial charge in [0.2, 0.25) is 0 Å². The highest BCUT2D eigenvalue weighted by molar-refractivity contribution is 6.01. The summed E-state index contributed by atoms with van der Waals surface area (Å²) in [4.78, 5) is 13.4. The highest BCUT2D eigenvalue weighted by Gasteiger charge is 2.45. The Kier molecular flexibility index (Phi) is 4.39. The Hall–Kier alpha value is -2.11. The standard InChI is InChI=1S/C14H13F3N2O3/c1-21-11(22-2)7-19-10(6-18)8-4-3-5-9(14(15,16)17)12(8)13(19)20/h3-5,10-11H,7H2,1-2H3. The first-order chi connectivity index (χ1) is 10.3. The zero-order valence-electron chi connectivity index (χ0n) is 11.8. The van der Waals surface area contributed by atoms with Crippen LogP contribution in [0.2, 0.25) is 0 Å². The summed E-state index contributed by atoms with van der Waals surface area (Å²) < 4.78 is 49.1. The molecule has 1 aliphatic heterocycles. The van der Waals surface area contributed by atoms with Gasteiger partial charge in [0.25, 0.3) is 5.91 Å². The molecule has 1 atom stereocenters. The van der Waals surface area contributed by atoms with Crippen molar-refractivity contribution in [2.75, 3.05) is 20.8 Å². The van der Waals surface area contributed by atoms with Gasteiger partial charge in [-0.3, -0.25) is 4.79 Å². The van der Waals surface area contributed by atoms with Crippen molar-refractivity contribution in [3.63, 3.8) is 0 Å². The van der Waals surface area contributed by atoms with E-state index in [2.05, 4.69) is 0 Å². The van der Waals surface area contributed by atoms with Crippen molar-refractivity contribution >= 4 is 5.91 Å². The van der Waals surface area contributed by atoms with Crippen molar-refractivity contribution < 1.29 is 27.4 Å². The molecule has 2 rings (SSSR count). The van der Waals surface area contributed by atoms with E-state index in [0.29, 0.717) is 0 Å². The summed E-state index contributed by atoms with van der Waals surface area (Å²) in [6.45, 7) is -0.143. The fourth-order valence-electron chi connectivity index (χ4n) is 2.44. The number of carbonyl (C=O) groups excluding carboxylic acids is 1. The number of carbonyl (C=O) groups is 1. The van der Waals surface area contributed by atoms with Crippen LogP contribution in [0.5, 0.6) is 0 Å². The molecule has 118 valence electrons. The Morgan fingerprint density at radius 1 is 1.36 bits per heavy atom. The van der Waals surface area contributed by atoms with Crippen molar-refractivity contribution in [1.82, 2.24) is 4.90 Å². The zero-order chi connectivity index (χ0) is 16.5. The number of amides is 1. The summed E-state index contributed by atoms with van der Waals surface area (Å²) in [6.07, 6.45) is -5.50. The Morgan fingerprint density at radius 3 is 2.50 bits per heavy atom. The molecule has 5 nitrogen and oxygen atoms in total. The lowest BCUT2D eigenvalue weighted by Crippen LogP contribution is -2.37. The van der Waals surface area contributed by atoms with Crippen LogP contribution in [0.4, 0.5) is 13.2 Å². The number of hydrogen-bond donors (Lipinski definition) is 0. The fourth-order valence-corrected chi connectivity index (χ4v) is 2.44. The Bertz CT molecular complexity index is 621. The third-order valence-corrected chi connectivity index (χ3v) is 3.48. The molecule has 1 amide bonds. The molecule has 0 radical (unpaired) electrons. The van der Waals surface area contributed by atoms with Crippen molar-refractivity contribution in [2.24, 2.45) is 0 Å². The summed E-state index contributed by atoms with van der Waals surface area (Å²) in [7, 11) is 2.68. The highest BCUT2D eigenvalue weighted by Crippen LogP contribution is 2.41. The third kappa shape index (κ3) is 2.65. The maximum atomic E-state index is 13.1. The lowest BCUT2D eigenvalue weighted by molar-refractivity contribution is -0.138. The van der Waals surface area contributed by atoms with Crippen LogP contribution in [0.1, 0.15) is 27.5 Å². The van der Waals surface area contributed by atoms with Crippen LogP contribution in [-0.2, 0) is 15.7 Å². The number of fused-ring (bicyclic) bond motifs is 1. The first kappa shape index (κ1) is 16.3.